The van der Waals surface area contributed by atoms with Gasteiger partial charge in [-0.15, -0.1) is 0 Å². The maximum absolute atomic E-state index is 13.6. The zero-order chi connectivity index (χ0) is 22.0. The molecule has 0 unspecified atom stereocenters. The highest BCUT2D eigenvalue weighted by molar-refractivity contribution is 7.98. The standard InChI is InChI=1S/C23H23ClN4O2S/c1-4-28-21-20(15(2)26-28)25-23(31-14-16-8-7-10-18(24)12-16)27(22(21)29)13-17-9-5-6-11-19(17)30-3/h5-12H,4,13-14H2,1-3H3. The molecule has 0 radical (unpaired) electrons. The first-order valence-corrected chi connectivity index (χ1v) is 11.3. The number of hydrogen-bond donors (Lipinski definition) is 0. The molecule has 2 aromatic heterocycles. The largest absolute Gasteiger partial charge is 0.496 e. The minimum Gasteiger partial charge on any atom is -0.496 e. The topological polar surface area (TPSA) is 61.9 Å². The molecule has 0 aliphatic rings. The molecule has 0 aliphatic carbocycles. The number of aromatic nitrogens is 4. The molecule has 160 valence electrons. The fraction of sp³-hybridized carbons (Fsp3) is 0.261. The number of halogens is 1. The van der Waals surface area contributed by atoms with Crippen LogP contribution in [0, 0.1) is 6.92 Å². The second kappa shape index (κ2) is 9.16. The third kappa shape index (κ3) is 4.34. The van der Waals surface area contributed by atoms with Crippen LogP contribution >= 0.6 is 23.4 Å². The number of rotatable bonds is 7. The number of aryl methyl sites for hydroxylation is 2. The molecule has 0 spiro atoms. The van der Waals surface area contributed by atoms with Gasteiger partial charge in [-0.3, -0.25) is 14.0 Å². The normalized spacial score (nSPS) is 11.2. The highest BCUT2D eigenvalue weighted by Gasteiger charge is 2.19. The first-order valence-electron chi connectivity index (χ1n) is 9.99. The van der Waals surface area contributed by atoms with Gasteiger partial charge in [0.15, 0.2) is 10.7 Å². The Bertz CT molecular complexity index is 1300. The number of para-hydroxylation sites is 1. The first kappa shape index (κ1) is 21.5. The number of fused-ring (bicyclic) bond motifs is 1. The molecule has 6 nitrogen and oxygen atoms in total. The third-order valence-corrected chi connectivity index (χ3v) is 6.34. The lowest BCUT2D eigenvalue weighted by Gasteiger charge is -2.15. The van der Waals surface area contributed by atoms with E-state index >= 15 is 0 Å². The smallest absolute Gasteiger partial charge is 0.280 e. The molecule has 4 rings (SSSR count). The summed E-state index contributed by atoms with van der Waals surface area (Å²) in [6, 6.07) is 15.4. The number of thioether (sulfide) groups is 1. The number of ether oxygens (including phenoxy) is 1. The minimum atomic E-state index is -0.105. The molecular weight excluding hydrogens is 432 g/mol. The van der Waals surface area contributed by atoms with E-state index in [0.717, 1.165) is 22.6 Å². The predicted octanol–water partition coefficient (Wildman–Crippen LogP) is 4.92. The van der Waals surface area contributed by atoms with Gasteiger partial charge in [0, 0.05) is 22.9 Å². The van der Waals surface area contributed by atoms with Gasteiger partial charge >= 0.3 is 0 Å². The maximum atomic E-state index is 13.6. The number of hydrogen-bond acceptors (Lipinski definition) is 5. The molecule has 0 N–H and O–H groups in total. The van der Waals surface area contributed by atoms with Crippen LogP contribution in [0.15, 0.2) is 58.5 Å². The van der Waals surface area contributed by atoms with E-state index in [4.69, 9.17) is 21.3 Å². The minimum absolute atomic E-state index is 0.105. The number of nitrogens with zero attached hydrogens (tertiary/aromatic N) is 4. The summed E-state index contributed by atoms with van der Waals surface area (Å²) in [5, 5.41) is 5.84. The summed E-state index contributed by atoms with van der Waals surface area (Å²) in [7, 11) is 1.63. The van der Waals surface area contributed by atoms with Gasteiger partial charge in [-0.2, -0.15) is 5.10 Å². The molecule has 0 saturated carbocycles. The first-order chi connectivity index (χ1) is 15.0. The van der Waals surface area contributed by atoms with Crippen molar-refractivity contribution in [3.8, 4) is 5.75 Å². The molecule has 0 aliphatic heterocycles. The van der Waals surface area contributed by atoms with E-state index in [0.29, 0.717) is 40.1 Å². The van der Waals surface area contributed by atoms with E-state index in [9.17, 15) is 4.79 Å². The highest BCUT2D eigenvalue weighted by atomic mass is 35.5. The van der Waals surface area contributed by atoms with Crippen LogP contribution in [-0.2, 0) is 18.8 Å². The monoisotopic (exact) mass is 454 g/mol. The second-order valence-corrected chi connectivity index (χ2v) is 8.49. The van der Waals surface area contributed by atoms with Crippen LogP contribution in [0.1, 0.15) is 23.7 Å². The van der Waals surface area contributed by atoms with E-state index < -0.39 is 0 Å². The number of benzene rings is 2. The summed E-state index contributed by atoms with van der Waals surface area (Å²) in [6.45, 7) is 4.82. The summed E-state index contributed by atoms with van der Waals surface area (Å²) in [5.41, 5.74) is 3.81. The van der Waals surface area contributed by atoms with E-state index in [1.54, 1.807) is 16.4 Å². The van der Waals surface area contributed by atoms with Crippen molar-refractivity contribution < 1.29 is 4.74 Å². The lowest BCUT2D eigenvalue weighted by molar-refractivity contribution is 0.407. The van der Waals surface area contributed by atoms with E-state index in [1.807, 2.05) is 62.4 Å². The van der Waals surface area contributed by atoms with E-state index in [2.05, 4.69) is 5.10 Å². The van der Waals surface area contributed by atoms with Crippen molar-refractivity contribution in [3.63, 3.8) is 0 Å². The van der Waals surface area contributed by atoms with Crippen LogP contribution in [0.25, 0.3) is 11.0 Å². The van der Waals surface area contributed by atoms with Gasteiger partial charge in [0.05, 0.1) is 19.3 Å². The van der Waals surface area contributed by atoms with Gasteiger partial charge in [-0.25, -0.2) is 4.98 Å². The van der Waals surface area contributed by atoms with Crippen LogP contribution < -0.4 is 10.3 Å². The van der Waals surface area contributed by atoms with Gasteiger partial charge < -0.3 is 4.74 Å². The van der Waals surface area contributed by atoms with Crippen LogP contribution in [0.3, 0.4) is 0 Å². The Labute approximate surface area is 189 Å². The van der Waals surface area contributed by atoms with Gasteiger partial charge in [0.25, 0.3) is 5.56 Å². The Morgan fingerprint density at radius 3 is 2.71 bits per heavy atom. The lowest BCUT2D eigenvalue weighted by Crippen LogP contribution is -2.25. The summed E-state index contributed by atoms with van der Waals surface area (Å²) >= 11 is 7.65. The molecule has 0 fully saturated rings. The Morgan fingerprint density at radius 1 is 1.16 bits per heavy atom. The fourth-order valence-electron chi connectivity index (χ4n) is 3.55. The maximum Gasteiger partial charge on any atom is 0.280 e. The van der Waals surface area contributed by atoms with E-state index in [-0.39, 0.29) is 5.56 Å². The summed E-state index contributed by atoms with van der Waals surface area (Å²) in [4.78, 5) is 18.5. The van der Waals surface area contributed by atoms with Crippen LogP contribution in [0.2, 0.25) is 5.02 Å². The van der Waals surface area contributed by atoms with Gasteiger partial charge in [-0.1, -0.05) is 53.7 Å². The van der Waals surface area contributed by atoms with Crippen molar-refractivity contribution >= 4 is 34.4 Å². The van der Waals surface area contributed by atoms with E-state index in [1.165, 1.54) is 11.8 Å². The molecule has 8 heteroatoms. The fourth-order valence-corrected chi connectivity index (χ4v) is 4.69. The van der Waals surface area contributed by atoms with Gasteiger partial charge in [0.1, 0.15) is 11.3 Å². The molecule has 0 saturated heterocycles. The van der Waals surface area contributed by atoms with Crippen molar-refractivity contribution in [1.29, 1.82) is 0 Å². The van der Waals surface area contributed by atoms with Gasteiger partial charge in [-0.05, 0) is 37.6 Å². The summed E-state index contributed by atoms with van der Waals surface area (Å²) in [5.74, 6) is 1.38. The molecular formula is C23H23ClN4O2S. The van der Waals surface area contributed by atoms with Crippen molar-refractivity contribution in [3.05, 3.63) is 80.7 Å². The van der Waals surface area contributed by atoms with Crippen molar-refractivity contribution in [1.82, 2.24) is 19.3 Å². The van der Waals surface area contributed by atoms with Crippen LogP contribution in [-0.4, -0.2) is 26.4 Å². The molecule has 0 atom stereocenters. The molecule has 4 aromatic rings. The highest BCUT2D eigenvalue weighted by Crippen LogP contribution is 2.26. The molecule has 31 heavy (non-hydrogen) atoms. The van der Waals surface area contributed by atoms with Crippen LogP contribution in [0.5, 0.6) is 5.75 Å². The average molecular weight is 455 g/mol. The Balaban J connectivity index is 1.83. The van der Waals surface area contributed by atoms with Crippen molar-refractivity contribution in [2.45, 2.75) is 37.8 Å². The summed E-state index contributed by atoms with van der Waals surface area (Å²) in [6.07, 6.45) is 0. The Hall–Kier alpha value is -2.77. The lowest BCUT2D eigenvalue weighted by atomic mass is 10.2. The second-order valence-electron chi connectivity index (χ2n) is 7.11. The Kier molecular flexibility index (Phi) is 6.34. The number of methoxy groups -OCH3 is 1. The van der Waals surface area contributed by atoms with Crippen LogP contribution in [0.4, 0.5) is 0 Å². The van der Waals surface area contributed by atoms with Gasteiger partial charge in [0.2, 0.25) is 0 Å². The molecule has 2 aromatic carbocycles. The summed E-state index contributed by atoms with van der Waals surface area (Å²) < 4.78 is 8.94. The average Bonchev–Trinajstić information content (AvgIpc) is 3.10. The molecule has 0 bridgehead atoms. The molecule has 0 amide bonds. The third-order valence-electron chi connectivity index (χ3n) is 5.06. The predicted molar refractivity (Wildman–Crippen MR) is 125 cm³/mol. The zero-order valence-corrected chi connectivity index (χ0v) is 19.2. The SMILES string of the molecule is CCn1nc(C)c2nc(SCc3cccc(Cl)c3)n(Cc3ccccc3OC)c(=O)c21. The molecule has 2 heterocycles. The quantitative estimate of drug-likeness (QED) is 0.293. The van der Waals surface area contributed by atoms with Crippen molar-refractivity contribution in [2.24, 2.45) is 0 Å². The van der Waals surface area contributed by atoms with Crippen molar-refractivity contribution in [2.75, 3.05) is 7.11 Å². The Morgan fingerprint density at radius 2 is 1.97 bits per heavy atom. The zero-order valence-electron chi connectivity index (χ0n) is 17.6.